The smallest absolute Gasteiger partial charge is 0.410 e. The number of aromatic nitrogens is 1. The molecule has 0 saturated heterocycles. The summed E-state index contributed by atoms with van der Waals surface area (Å²) in [7, 11) is 0. The van der Waals surface area contributed by atoms with Crippen molar-refractivity contribution in [2.45, 2.75) is 12.5 Å². The van der Waals surface area contributed by atoms with Gasteiger partial charge in [-0.05, 0) is 78.2 Å². The Morgan fingerprint density at radius 3 is 2.46 bits per heavy atom. The summed E-state index contributed by atoms with van der Waals surface area (Å²) < 4.78 is 5.68. The van der Waals surface area contributed by atoms with Crippen molar-refractivity contribution in [1.82, 2.24) is 9.88 Å². The van der Waals surface area contributed by atoms with Crippen LogP contribution in [0.15, 0.2) is 79.4 Å². The van der Waals surface area contributed by atoms with Crippen molar-refractivity contribution in [1.29, 1.82) is 0 Å². The Kier molecular flexibility index (Phi) is 6.24. The molecular formula is C27H21Cl2N3O3. The summed E-state index contributed by atoms with van der Waals surface area (Å²) in [6.45, 7) is 3.93. The van der Waals surface area contributed by atoms with Crippen LogP contribution in [-0.4, -0.2) is 28.4 Å². The third-order valence-corrected chi connectivity index (χ3v) is 6.51. The van der Waals surface area contributed by atoms with Gasteiger partial charge >= 0.3 is 6.09 Å². The Labute approximate surface area is 212 Å². The van der Waals surface area contributed by atoms with Crippen molar-refractivity contribution < 1.29 is 14.3 Å². The number of nitrogens with zero attached hydrogens (tertiary/aromatic N) is 1. The number of halogens is 2. The van der Waals surface area contributed by atoms with Crippen LogP contribution in [-0.2, 0) is 11.2 Å². The quantitative estimate of drug-likeness (QED) is 0.301. The molecule has 2 heterocycles. The number of carbonyl (C=O) groups excluding carboxylic acids is 2. The maximum absolute atomic E-state index is 13.3. The van der Waals surface area contributed by atoms with E-state index in [0.717, 1.165) is 27.7 Å². The Bertz CT molecular complexity index is 1430. The van der Waals surface area contributed by atoms with E-state index in [4.69, 9.17) is 27.9 Å². The van der Waals surface area contributed by atoms with Gasteiger partial charge in [0.2, 0.25) is 5.91 Å². The molecule has 5 rings (SSSR count). The lowest BCUT2D eigenvalue weighted by Crippen LogP contribution is -2.42. The summed E-state index contributed by atoms with van der Waals surface area (Å²) in [6.07, 6.45) is 1.39. The third-order valence-electron chi connectivity index (χ3n) is 6.02. The molecule has 0 fully saturated rings. The van der Waals surface area contributed by atoms with Crippen molar-refractivity contribution in [3.8, 4) is 5.75 Å². The fourth-order valence-corrected chi connectivity index (χ4v) is 4.71. The van der Waals surface area contributed by atoms with Gasteiger partial charge in [-0.2, -0.15) is 0 Å². The highest BCUT2D eigenvalue weighted by Crippen LogP contribution is 2.39. The number of benzene rings is 3. The van der Waals surface area contributed by atoms with E-state index in [2.05, 4.69) is 16.9 Å². The van der Waals surface area contributed by atoms with Crippen LogP contribution in [0.3, 0.4) is 0 Å². The Morgan fingerprint density at radius 2 is 1.74 bits per heavy atom. The van der Waals surface area contributed by atoms with Crippen LogP contribution in [0.2, 0.25) is 10.0 Å². The molecule has 1 atom stereocenters. The largest absolute Gasteiger partial charge is 0.416 e. The van der Waals surface area contributed by atoms with Crippen LogP contribution in [0, 0.1) is 0 Å². The van der Waals surface area contributed by atoms with E-state index in [0.29, 0.717) is 34.4 Å². The van der Waals surface area contributed by atoms with Crippen molar-refractivity contribution in [2.24, 2.45) is 0 Å². The van der Waals surface area contributed by atoms with Crippen LogP contribution >= 0.6 is 23.2 Å². The Balaban J connectivity index is 1.54. The van der Waals surface area contributed by atoms with E-state index in [9.17, 15) is 9.59 Å². The molecule has 1 aliphatic rings. The number of hydrogen-bond donors (Lipinski definition) is 2. The second-order valence-electron chi connectivity index (χ2n) is 8.19. The predicted molar refractivity (Wildman–Crippen MR) is 138 cm³/mol. The number of H-pyrrole nitrogens is 1. The average Bonchev–Trinajstić information content (AvgIpc) is 3.23. The van der Waals surface area contributed by atoms with Gasteiger partial charge in [-0.1, -0.05) is 41.9 Å². The summed E-state index contributed by atoms with van der Waals surface area (Å²) >= 11 is 12.2. The molecular weight excluding hydrogens is 485 g/mol. The van der Waals surface area contributed by atoms with Crippen molar-refractivity contribution in [3.63, 3.8) is 0 Å². The van der Waals surface area contributed by atoms with Gasteiger partial charge in [0.25, 0.3) is 0 Å². The molecule has 1 aromatic heterocycles. The van der Waals surface area contributed by atoms with E-state index in [1.807, 2.05) is 30.3 Å². The van der Waals surface area contributed by atoms with E-state index >= 15 is 0 Å². The van der Waals surface area contributed by atoms with E-state index in [1.54, 1.807) is 41.3 Å². The minimum atomic E-state index is -0.469. The lowest BCUT2D eigenvalue weighted by atomic mass is 9.92. The molecule has 2 N–H and O–H groups in total. The molecule has 176 valence electrons. The number of ether oxygens (including phenoxy) is 1. The molecule has 35 heavy (non-hydrogen) atoms. The number of fused-ring (bicyclic) bond motifs is 3. The third kappa shape index (κ3) is 4.63. The maximum atomic E-state index is 13.3. The van der Waals surface area contributed by atoms with Gasteiger partial charge in [0, 0.05) is 38.9 Å². The zero-order valence-corrected chi connectivity index (χ0v) is 20.1. The SMILES string of the molecule is C=CC(=O)Nc1ccc(C2c3[nH]c4ccc(Cl)cc4c3CCN2C(=O)Oc2ccc(Cl)cc2)cc1. The normalized spacial score (nSPS) is 14.9. The van der Waals surface area contributed by atoms with Crippen LogP contribution in [0.1, 0.15) is 22.9 Å². The lowest BCUT2D eigenvalue weighted by molar-refractivity contribution is -0.111. The second-order valence-corrected chi connectivity index (χ2v) is 9.06. The topological polar surface area (TPSA) is 74.4 Å². The standard InChI is InChI=1S/C27H21Cl2N3O3/c1-2-24(33)30-19-8-3-16(4-9-19)26-25-21(22-15-18(29)7-12-23(22)31-25)13-14-32(26)27(34)35-20-10-5-17(28)6-11-20/h2-12,15,26,31H,1,13-14H2,(H,30,33). The number of rotatable bonds is 4. The number of aromatic amines is 1. The minimum absolute atomic E-state index is 0.293. The number of nitrogens with one attached hydrogen (secondary N) is 2. The fourth-order valence-electron chi connectivity index (χ4n) is 4.41. The zero-order chi connectivity index (χ0) is 24.5. The molecule has 3 aromatic carbocycles. The first-order chi connectivity index (χ1) is 16.9. The molecule has 0 radical (unpaired) electrons. The highest BCUT2D eigenvalue weighted by molar-refractivity contribution is 6.31. The second kappa shape index (κ2) is 9.49. The van der Waals surface area contributed by atoms with E-state index in [1.165, 1.54) is 6.08 Å². The van der Waals surface area contributed by atoms with Crippen LogP contribution in [0.25, 0.3) is 10.9 Å². The van der Waals surface area contributed by atoms with Gasteiger partial charge in [0.1, 0.15) is 11.8 Å². The minimum Gasteiger partial charge on any atom is -0.410 e. The van der Waals surface area contributed by atoms with Gasteiger partial charge in [-0.25, -0.2) is 4.79 Å². The molecule has 0 bridgehead atoms. The summed E-state index contributed by atoms with van der Waals surface area (Å²) in [5, 5.41) is 5.00. The Hall–Kier alpha value is -3.74. The molecule has 1 aliphatic heterocycles. The van der Waals surface area contributed by atoms with E-state index < -0.39 is 12.1 Å². The van der Waals surface area contributed by atoms with Crippen molar-refractivity contribution >= 4 is 51.8 Å². The Morgan fingerprint density at radius 1 is 1.03 bits per heavy atom. The first kappa shape index (κ1) is 23.0. The lowest BCUT2D eigenvalue weighted by Gasteiger charge is -2.35. The molecule has 6 nitrogen and oxygen atoms in total. The van der Waals surface area contributed by atoms with Crippen LogP contribution in [0.4, 0.5) is 10.5 Å². The van der Waals surface area contributed by atoms with Gasteiger partial charge in [0.05, 0.1) is 0 Å². The molecule has 0 spiro atoms. The average molecular weight is 506 g/mol. The first-order valence-corrected chi connectivity index (χ1v) is 11.8. The summed E-state index contributed by atoms with van der Waals surface area (Å²) in [5.41, 5.74) is 4.48. The highest BCUT2D eigenvalue weighted by atomic mass is 35.5. The van der Waals surface area contributed by atoms with Gasteiger partial charge in [-0.15, -0.1) is 0 Å². The molecule has 1 unspecified atom stereocenters. The number of hydrogen-bond acceptors (Lipinski definition) is 3. The van der Waals surface area contributed by atoms with Crippen LogP contribution in [0.5, 0.6) is 5.75 Å². The van der Waals surface area contributed by atoms with Gasteiger partial charge < -0.3 is 15.0 Å². The van der Waals surface area contributed by atoms with Gasteiger partial charge in [0.15, 0.2) is 0 Å². The van der Waals surface area contributed by atoms with Gasteiger partial charge in [-0.3, -0.25) is 9.69 Å². The van der Waals surface area contributed by atoms with Crippen LogP contribution < -0.4 is 10.1 Å². The van der Waals surface area contributed by atoms with Crippen molar-refractivity contribution in [2.75, 3.05) is 11.9 Å². The number of anilines is 1. The predicted octanol–water partition coefficient (Wildman–Crippen LogP) is 6.75. The van der Waals surface area contributed by atoms with E-state index in [-0.39, 0.29) is 5.91 Å². The monoisotopic (exact) mass is 505 g/mol. The highest BCUT2D eigenvalue weighted by Gasteiger charge is 2.35. The summed E-state index contributed by atoms with van der Waals surface area (Å²) in [6, 6.07) is 19.3. The summed E-state index contributed by atoms with van der Waals surface area (Å²) in [5.74, 6) is 0.119. The maximum Gasteiger partial charge on any atom is 0.416 e. The molecule has 4 aromatic rings. The molecule has 0 aliphatic carbocycles. The zero-order valence-electron chi connectivity index (χ0n) is 18.6. The summed E-state index contributed by atoms with van der Waals surface area (Å²) in [4.78, 5) is 30.2. The van der Waals surface area contributed by atoms with Crippen molar-refractivity contribution in [3.05, 3.63) is 106 Å². The number of carbonyl (C=O) groups is 2. The molecule has 0 saturated carbocycles. The first-order valence-electron chi connectivity index (χ1n) is 11.0. The molecule has 2 amide bonds. The number of amides is 2. The molecule has 8 heteroatoms. The fraction of sp³-hybridized carbons (Fsp3) is 0.111.